The van der Waals surface area contributed by atoms with Crippen LogP contribution in [0.5, 0.6) is 5.75 Å². The molecule has 1 atom stereocenters. The minimum absolute atomic E-state index is 0.00310. The maximum absolute atomic E-state index is 12.6. The molecule has 0 saturated heterocycles. The number of pyridine rings is 1. The maximum Gasteiger partial charge on any atom is 0.274 e. The molecule has 1 aliphatic rings. The molecule has 1 unspecified atom stereocenters. The number of ether oxygens (including phenoxy) is 2. The predicted octanol–water partition coefficient (Wildman–Crippen LogP) is 3.37. The first-order valence-corrected chi connectivity index (χ1v) is 7.78. The second-order valence-electron chi connectivity index (χ2n) is 5.40. The zero-order chi connectivity index (χ0) is 16.2. The maximum atomic E-state index is 12.6. The van der Waals surface area contributed by atoms with E-state index in [4.69, 9.17) is 9.47 Å². The summed E-state index contributed by atoms with van der Waals surface area (Å²) in [4.78, 5) is 16.8. The van der Waals surface area contributed by atoms with Crippen molar-refractivity contribution in [3.63, 3.8) is 0 Å². The number of nitrogens with one attached hydrogen (secondary N) is 1. The van der Waals surface area contributed by atoms with Gasteiger partial charge in [0.15, 0.2) is 0 Å². The van der Waals surface area contributed by atoms with Gasteiger partial charge in [-0.25, -0.2) is 0 Å². The summed E-state index contributed by atoms with van der Waals surface area (Å²) in [6, 6.07) is 9.46. The van der Waals surface area contributed by atoms with E-state index in [1.54, 1.807) is 13.3 Å². The lowest BCUT2D eigenvalue weighted by atomic mass is 10.0. The number of para-hydroxylation sites is 1. The van der Waals surface area contributed by atoms with Gasteiger partial charge < -0.3 is 14.8 Å². The van der Waals surface area contributed by atoms with Gasteiger partial charge >= 0.3 is 0 Å². The van der Waals surface area contributed by atoms with Crippen LogP contribution in [0.4, 0.5) is 5.69 Å². The van der Waals surface area contributed by atoms with Gasteiger partial charge in [-0.05, 0) is 24.1 Å². The first-order chi connectivity index (χ1) is 11.2. The highest BCUT2D eigenvalue weighted by Gasteiger charge is 2.24. The molecule has 1 aliphatic heterocycles. The molecule has 0 fully saturated rings. The molecule has 2 aromatic rings. The number of rotatable bonds is 4. The fourth-order valence-electron chi connectivity index (χ4n) is 2.85. The Morgan fingerprint density at radius 1 is 1.39 bits per heavy atom. The van der Waals surface area contributed by atoms with Crippen molar-refractivity contribution in [1.29, 1.82) is 0 Å². The molecule has 5 heteroatoms. The summed E-state index contributed by atoms with van der Waals surface area (Å²) < 4.78 is 11.3. The van der Waals surface area contributed by atoms with E-state index in [-0.39, 0.29) is 12.0 Å². The first-order valence-electron chi connectivity index (χ1n) is 7.78. The summed E-state index contributed by atoms with van der Waals surface area (Å²) in [5, 5.41) is 2.92. The van der Waals surface area contributed by atoms with Crippen LogP contribution in [0.2, 0.25) is 0 Å². The van der Waals surface area contributed by atoms with Gasteiger partial charge in [0.1, 0.15) is 11.4 Å². The van der Waals surface area contributed by atoms with Crippen molar-refractivity contribution >= 4 is 11.6 Å². The average Bonchev–Trinajstić information content (AvgIpc) is 2.61. The van der Waals surface area contributed by atoms with Crippen LogP contribution in [0, 0.1) is 0 Å². The molecule has 120 valence electrons. The van der Waals surface area contributed by atoms with Crippen LogP contribution < -0.4 is 10.1 Å². The molecule has 1 amide bonds. The number of fused-ring (bicyclic) bond motifs is 1. The standard InChI is InChI=1S/C18H20N2O3/c1-3-12-6-5-10-19-16(12)18(21)20-14-8-4-7-13-15(22-2)9-11-23-17(13)14/h4-8,10,15H,3,9,11H2,1-2H3,(H,20,21). The van der Waals surface area contributed by atoms with Crippen molar-refractivity contribution in [2.24, 2.45) is 0 Å². The van der Waals surface area contributed by atoms with E-state index < -0.39 is 0 Å². The molecule has 0 bridgehead atoms. The third kappa shape index (κ3) is 3.05. The zero-order valence-corrected chi connectivity index (χ0v) is 13.3. The van der Waals surface area contributed by atoms with Gasteiger partial charge in [0.05, 0.1) is 18.4 Å². The molecule has 0 aliphatic carbocycles. The molecule has 0 radical (unpaired) electrons. The number of hydrogen-bond donors (Lipinski definition) is 1. The smallest absolute Gasteiger partial charge is 0.274 e. The van der Waals surface area contributed by atoms with Gasteiger partial charge in [0, 0.05) is 25.3 Å². The van der Waals surface area contributed by atoms with E-state index in [1.807, 2.05) is 37.3 Å². The Morgan fingerprint density at radius 3 is 3.04 bits per heavy atom. The highest BCUT2D eigenvalue weighted by molar-refractivity contribution is 6.04. The molecular weight excluding hydrogens is 292 g/mol. The third-order valence-electron chi connectivity index (χ3n) is 4.04. The van der Waals surface area contributed by atoms with E-state index in [0.717, 1.165) is 24.0 Å². The summed E-state index contributed by atoms with van der Waals surface area (Å²) in [7, 11) is 1.69. The lowest BCUT2D eigenvalue weighted by molar-refractivity contribution is 0.0639. The molecule has 1 aromatic heterocycles. The highest BCUT2D eigenvalue weighted by atomic mass is 16.5. The molecule has 0 saturated carbocycles. The molecule has 3 rings (SSSR count). The lowest BCUT2D eigenvalue weighted by Crippen LogP contribution is -2.20. The number of aromatic nitrogens is 1. The summed E-state index contributed by atoms with van der Waals surface area (Å²) in [5.41, 5.74) is 2.99. The summed E-state index contributed by atoms with van der Waals surface area (Å²) in [6.45, 7) is 2.58. The van der Waals surface area contributed by atoms with Gasteiger partial charge in [-0.3, -0.25) is 9.78 Å². The Balaban J connectivity index is 1.90. The number of hydrogen-bond acceptors (Lipinski definition) is 4. The van der Waals surface area contributed by atoms with E-state index >= 15 is 0 Å². The molecule has 1 N–H and O–H groups in total. The van der Waals surface area contributed by atoms with Crippen LogP contribution in [0.15, 0.2) is 36.5 Å². The Morgan fingerprint density at radius 2 is 2.26 bits per heavy atom. The van der Waals surface area contributed by atoms with E-state index in [9.17, 15) is 4.79 Å². The lowest BCUT2D eigenvalue weighted by Gasteiger charge is -2.26. The van der Waals surface area contributed by atoms with Crippen LogP contribution in [-0.4, -0.2) is 24.6 Å². The monoisotopic (exact) mass is 312 g/mol. The fraction of sp³-hybridized carbons (Fsp3) is 0.333. The number of nitrogens with zero attached hydrogens (tertiary/aromatic N) is 1. The first kappa shape index (κ1) is 15.5. The Hall–Kier alpha value is -2.40. The Bertz CT molecular complexity index is 715. The molecule has 5 nitrogen and oxygen atoms in total. The van der Waals surface area contributed by atoms with E-state index in [0.29, 0.717) is 23.7 Å². The molecule has 1 aromatic carbocycles. The number of carbonyl (C=O) groups excluding carboxylic acids is 1. The van der Waals surface area contributed by atoms with Crippen molar-refractivity contribution in [1.82, 2.24) is 4.98 Å². The number of aryl methyl sites for hydroxylation is 1. The zero-order valence-electron chi connectivity index (χ0n) is 13.3. The quantitative estimate of drug-likeness (QED) is 0.940. The van der Waals surface area contributed by atoms with Crippen LogP contribution in [0.1, 0.15) is 41.1 Å². The predicted molar refractivity (Wildman–Crippen MR) is 87.9 cm³/mol. The van der Waals surface area contributed by atoms with Gasteiger partial charge in [0.25, 0.3) is 5.91 Å². The average molecular weight is 312 g/mol. The summed E-state index contributed by atoms with van der Waals surface area (Å²) in [5.74, 6) is 0.465. The van der Waals surface area contributed by atoms with Crippen molar-refractivity contribution < 1.29 is 14.3 Å². The number of anilines is 1. The van der Waals surface area contributed by atoms with Gasteiger partial charge in [0.2, 0.25) is 0 Å². The van der Waals surface area contributed by atoms with E-state index in [1.165, 1.54) is 0 Å². The number of amides is 1. The van der Waals surface area contributed by atoms with Crippen LogP contribution in [0.3, 0.4) is 0 Å². The van der Waals surface area contributed by atoms with Gasteiger partial charge in [-0.1, -0.05) is 25.1 Å². The SMILES string of the molecule is CCc1cccnc1C(=O)Nc1cccc2c1OCCC2OC. The minimum Gasteiger partial charge on any atom is -0.491 e. The Labute approximate surface area is 135 Å². The fourth-order valence-corrected chi connectivity index (χ4v) is 2.85. The highest BCUT2D eigenvalue weighted by Crippen LogP contribution is 2.39. The molecule has 23 heavy (non-hydrogen) atoms. The largest absolute Gasteiger partial charge is 0.491 e. The molecule has 2 heterocycles. The third-order valence-corrected chi connectivity index (χ3v) is 4.04. The van der Waals surface area contributed by atoms with Crippen LogP contribution in [0.25, 0.3) is 0 Å². The van der Waals surface area contributed by atoms with Crippen LogP contribution in [-0.2, 0) is 11.2 Å². The van der Waals surface area contributed by atoms with E-state index in [2.05, 4.69) is 10.3 Å². The second kappa shape index (κ2) is 6.79. The van der Waals surface area contributed by atoms with Gasteiger partial charge in [-0.15, -0.1) is 0 Å². The van der Waals surface area contributed by atoms with Crippen LogP contribution >= 0.6 is 0 Å². The van der Waals surface area contributed by atoms with Crippen molar-refractivity contribution in [3.05, 3.63) is 53.3 Å². The Kier molecular flexibility index (Phi) is 4.57. The second-order valence-corrected chi connectivity index (χ2v) is 5.40. The summed E-state index contributed by atoms with van der Waals surface area (Å²) >= 11 is 0. The molecule has 0 spiro atoms. The van der Waals surface area contributed by atoms with Gasteiger partial charge in [-0.2, -0.15) is 0 Å². The summed E-state index contributed by atoms with van der Waals surface area (Å²) in [6.07, 6.45) is 3.19. The number of carbonyl (C=O) groups is 1. The van der Waals surface area contributed by atoms with Crippen molar-refractivity contribution in [2.75, 3.05) is 19.0 Å². The minimum atomic E-state index is -0.223. The number of benzene rings is 1. The van der Waals surface area contributed by atoms with Crippen molar-refractivity contribution in [2.45, 2.75) is 25.9 Å². The normalized spacial score (nSPS) is 16.3. The van der Waals surface area contributed by atoms with Crippen molar-refractivity contribution in [3.8, 4) is 5.75 Å². The molecular formula is C18H20N2O3. The topological polar surface area (TPSA) is 60.5 Å². The number of methoxy groups -OCH3 is 1.